The van der Waals surface area contributed by atoms with Crippen molar-refractivity contribution in [3.05, 3.63) is 50.5 Å². The van der Waals surface area contributed by atoms with Crippen LogP contribution < -0.4 is 4.74 Å². The lowest BCUT2D eigenvalue weighted by molar-refractivity contribution is -0.135. The van der Waals surface area contributed by atoms with Crippen LogP contribution in [0.4, 0.5) is 0 Å². The van der Waals surface area contributed by atoms with Crippen LogP contribution in [0.3, 0.4) is 0 Å². The fourth-order valence-electron chi connectivity index (χ4n) is 1.47. The lowest BCUT2D eigenvalue weighted by atomic mass is 10.1. The number of methoxy groups -OCH3 is 2. The second-order valence-electron chi connectivity index (χ2n) is 3.75. The Kier molecular flexibility index (Phi) is 5.28. The Balaban J connectivity index is 2.05. The monoisotopic (exact) mass is 324 g/mol. The van der Waals surface area contributed by atoms with Crippen molar-refractivity contribution in [2.45, 2.75) is 0 Å². The van der Waals surface area contributed by atoms with Crippen LogP contribution in [0.2, 0.25) is 0 Å². The summed E-state index contributed by atoms with van der Waals surface area (Å²) < 4.78 is 10.8. The Hall–Kier alpha value is -1.24. The maximum absolute atomic E-state index is 11.4. The molecule has 0 spiro atoms. The van der Waals surface area contributed by atoms with Crippen molar-refractivity contribution in [3.63, 3.8) is 0 Å². The van der Waals surface area contributed by atoms with Crippen molar-refractivity contribution in [2.24, 2.45) is 0 Å². The van der Waals surface area contributed by atoms with E-state index in [2.05, 4.69) is 4.74 Å². The van der Waals surface area contributed by atoms with E-state index in [1.54, 1.807) is 12.5 Å². The summed E-state index contributed by atoms with van der Waals surface area (Å²) in [5.41, 5.74) is 0.945. The summed E-state index contributed by atoms with van der Waals surface area (Å²) in [6, 6.07) is 7.56. The summed E-state index contributed by atoms with van der Waals surface area (Å²) in [4.78, 5) is 12.7. The van der Waals surface area contributed by atoms with Crippen LogP contribution in [0.15, 0.2) is 44.9 Å². The number of rotatable bonds is 4. The van der Waals surface area contributed by atoms with Crippen LogP contribution in [0, 0.1) is 0 Å². The normalized spacial score (nSPS) is 15.9. The van der Waals surface area contributed by atoms with Crippen LogP contribution >= 0.6 is 35.7 Å². The third-order valence-corrected chi connectivity index (χ3v) is 5.07. The van der Waals surface area contributed by atoms with Gasteiger partial charge >= 0.3 is 5.97 Å². The first-order chi connectivity index (χ1) is 9.63. The molecule has 0 fully saturated rings. The molecule has 0 radical (unpaired) electrons. The fraction of sp³-hybridized carbons (Fsp3) is 0.143. The molecule has 0 saturated heterocycles. The van der Waals surface area contributed by atoms with E-state index in [1.807, 2.05) is 30.3 Å². The molecule has 20 heavy (non-hydrogen) atoms. The maximum Gasteiger partial charge on any atom is 0.345 e. The smallest absolute Gasteiger partial charge is 0.345 e. The number of carbonyl (C=O) groups excluding carboxylic acids is 1. The highest BCUT2D eigenvalue weighted by atomic mass is 32.2. The summed E-state index contributed by atoms with van der Waals surface area (Å²) in [6.07, 6.45) is 1.89. The molecular formula is C14H12O3S3. The number of hydrogen-bond donors (Lipinski definition) is 0. The molecule has 0 bridgehead atoms. The number of thioether (sulfide) groups is 2. The van der Waals surface area contributed by atoms with Gasteiger partial charge in [0.2, 0.25) is 0 Å². The molecule has 1 heterocycles. The van der Waals surface area contributed by atoms with Gasteiger partial charge in [-0.3, -0.25) is 0 Å². The molecule has 1 aromatic rings. The quantitative estimate of drug-likeness (QED) is 0.363. The van der Waals surface area contributed by atoms with E-state index >= 15 is 0 Å². The van der Waals surface area contributed by atoms with E-state index in [-0.39, 0.29) is 5.97 Å². The lowest BCUT2D eigenvalue weighted by Crippen LogP contribution is -1.99. The van der Waals surface area contributed by atoms with Crippen molar-refractivity contribution < 1.29 is 14.3 Å². The van der Waals surface area contributed by atoms with Crippen molar-refractivity contribution in [1.29, 1.82) is 0 Å². The maximum atomic E-state index is 11.4. The zero-order valence-corrected chi connectivity index (χ0v) is 13.4. The summed E-state index contributed by atoms with van der Waals surface area (Å²) in [5.74, 6) is 0.477. The number of ether oxygens (including phenoxy) is 2. The van der Waals surface area contributed by atoms with Crippen LogP contribution in [-0.2, 0) is 9.53 Å². The van der Waals surface area contributed by atoms with Gasteiger partial charge in [-0.15, -0.1) is 0 Å². The van der Waals surface area contributed by atoms with Gasteiger partial charge in [0.05, 0.1) is 18.5 Å². The molecule has 6 heteroatoms. The lowest BCUT2D eigenvalue weighted by Gasteiger charge is -2.03. The predicted octanol–water partition coefficient (Wildman–Crippen LogP) is 3.75. The van der Waals surface area contributed by atoms with E-state index in [0.29, 0.717) is 4.91 Å². The second kappa shape index (κ2) is 6.97. The molecule has 1 aliphatic heterocycles. The fourth-order valence-corrected chi connectivity index (χ4v) is 3.88. The van der Waals surface area contributed by atoms with Crippen molar-refractivity contribution in [1.82, 2.24) is 0 Å². The average Bonchev–Trinajstić information content (AvgIpc) is 2.95. The van der Waals surface area contributed by atoms with Gasteiger partial charge < -0.3 is 9.47 Å². The highest BCUT2D eigenvalue weighted by Gasteiger charge is 2.19. The van der Waals surface area contributed by atoms with E-state index < -0.39 is 0 Å². The number of esters is 1. The minimum Gasteiger partial charge on any atom is -0.497 e. The Bertz CT molecular complexity index is 588. The average molecular weight is 324 g/mol. The number of carbonyl (C=O) groups is 1. The predicted molar refractivity (Wildman–Crippen MR) is 88.1 cm³/mol. The second-order valence-corrected chi connectivity index (χ2v) is 6.44. The molecular weight excluding hydrogens is 312 g/mol. The van der Waals surface area contributed by atoms with E-state index in [0.717, 1.165) is 20.4 Å². The van der Waals surface area contributed by atoms with E-state index in [4.69, 9.17) is 17.0 Å². The molecule has 0 amide bonds. The molecule has 0 N–H and O–H groups in total. The van der Waals surface area contributed by atoms with Crippen LogP contribution in [0.5, 0.6) is 5.75 Å². The number of benzene rings is 1. The summed E-state index contributed by atoms with van der Waals surface area (Å²) in [5, 5.41) is 1.78. The Morgan fingerprint density at radius 2 is 1.95 bits per heavy atom. The standard InChI is InChI=1S/C14H12O3S3/c1-16-10-5-3-9(4-6-10)11(18)7-13-19-8-12(20-13)14(15)17-2/h3-8H,1-2H3/b13-7+. The minimum atomic E-state index is -0.318. The zero-order chi connectivity index (χ0) is 14.5. The van der Waals surface area contributed by atoms with Gasteiger partial charge in [0, 0.05) is 4.86 Å². The van der Waals surface area contributed by atoms with Crippen molar-refractivity contribution >= 4 is 46.6 Å². The van der Waals surface area contributed by atoms with Gasteiger partial charge in [0.1, 0.15) is 10.7 Å². The van der Waals surface area contributed by atoms with E-state index in [1.165, 1.54) is 30.6 Å². The highest BCUT2D eigenvalue weighted by Crippen LogP contribution is 2.44. The van der Waals surface area contributed by atoms with Gasteiger partial charge in [-0.25, -0.2) is 4.79 Å². The van der Waals surface area contributed by atoms with Crippen LogP contribution in [0.25, 0.3) is 0 Å². The number of thiocarbonyl (C=S) groups is 1. The molecule has 0 unspecified atom stereocenters. The van der Waals surface area contributed by atoms with Gasteiger partial charge in [0.25, 0.3) is 0 Å². The summed E-state index contributed by atoms with van der Waals surface area (Å²) in [7, 11) is 3.00. The molecule has 0 saturated carbocycles. The third kappa shape index (κ3) is 3.65. The molecule has 0 atom stereocenters. The SMILES string of the molecule is COC(=O)C1=CS/C(=C\C(=S)c2ccc(OC)cc2)S1. The zero-order valence-electron chi connectivity index (χ0n) is 10.9. The van der Waals surface area contributed by atoms with Crippen LogP contribution in [0.1, 0.15) is 5.56 Å². The van der Waals surface area contributed by atoms with Gasteiger partial charge in [-0.05, 0) is 41.3 Å². The molecule has 2 rings (SSSR count). The van der Waals surface area contributed by atoms with E-state index in [9.17, 15) is 4.79 Å². The first-order valence-corrected chi connectivity index (χ1v) is 7.77. The number of allylic oxidation sites excluding steroid dienone is 1. The molecule has 0 aliphatic carbocycles. The first-order valence-electron chi connectivity index (χ1n) is 5.67. The number of hydrogen-bond acceptors (Lipinski definition) is 6. The van der Waals surface area contributed by atoms with Gasteiger partial charge in [-0.1, -0.05) is 35.7 Å². The van der Waals surface area contributed by atoms with Crippen molar-refractivity contribution in [2.75, 3.05) is 14.2 Å². The van der Waals surface area contributed by atoms with Crippen molar-refractivity contribution in [3.8, 4) is 5.75 Å². The third-order valence-electron chi connectivity index (χ3n) is 2.50. The minimum absolute atomic E-state index is 0.318. The topological polar surface area (TPSA) is 35.5 Å². The Morgan fingerprint density at radius 3 is 2.55 bits per heavy atom. The molecule has 0 aromatic heterocycles. The highest BCUT2D eigenvalue weighted by molar-refractivity contribution is 8.28. The Morgan fingerprint density at radius 1 is 1.25 bits per heavy atom. The molecule has 3 nitrogen and oxygen atoms in total. The first kappa shape index (κ1) is 15.2. The molecule has 104 valence electrons. The molecule has 1 aliphatic rings. The largest absolute Gasteiger partial charge is 0.497 e. The van der Waals surface area contributed by atoms with Gasteiger partial charge in [0.15, 0.2) is 0 Å². The van der Waals surface area contributed by atoms with Crippen LogP contribution in [-0.4, -0.2) is 25.1 Å². The Labute approximate surface area is 131 Å². The summed E-state index contributed by atoms with van der Waals surface area (Å²) >= 11 is 8.23. The summed E-state index contributed by atoms with van der Waals surface area (Å²) in [6.45, 7) is 0. The van der Waals surface area contributed by atoms with Gasteiger partial charge in [-0.2, -0.15) is 0 Å². The molecule has 1 aromatic carbocycles.